The van der Waals surface area contributed by atoms with Crippen LogP contribution in [0.1, 0.15) is 98.9 Å². The number of aromatic amines is 2. The van der Waals surface area contributed by atoms with Gasteiger partial charge in [-0.25, -0.2) is 9.97 Å². The van der Waals surface area contributed by atoms with Crippen LogP contribution in [-0.4, -0.2) is 39.9 Å². The number of pyridine rings is 4. The minimum Gasteiger partial charge on any atom is -0.354 e. The predicted molar refractivity (Wildman–Crippen MR) is 251 cm³/mol. The van der Waals surface area contributed by atoms with Crippen molar-refractivity contribution in [1.82, 2.24) is 39.9 Å². The molecule has 2 N–H and O–H groups in total. The summed E-state index contributed by atoms with van der Waals surface area (Å²) in [4.78, 5) is 39.5. The van der Waals surface area contributed by atoms with Gasteiger partial charge in [0, 0.05) is 87.9 Å². The molecule has 0 atom stereocenters. The number of H-pyrrole nitrogens is 2. The highest BCUT2D eigenvalue weighted by molar-refractivity contribution is 6.33. The largest absolute Gasteiger partial charge is 0.354 e. The van der Waals surface area contributed by atoms with Crippen LogP contribution in [0.15, 0.2) is 72.8 Å². The zero-order valence-electron chi connectivity index (χ0n) is 35.4. The average molecular weight is 783 g/mol. The number of nitrogens with one attached hydrogen (secondary N) is 2. The van der Waals surface area contributed by atoms with Gasteiger partial charge >= 0.3 is 0 Å². The Morgan fingerprint density at radius 2 is 0.567 bits per heavy atom. The van der Waals surface area contributed by atoms with Crippen LogP contribution < -0.4 is 0 Å². The maximum atomic E-state index is 5.52. The maximum Gasteiger partial charge on any atom is 0.0975 e. The Morgan fingerprint density at radius 3 is 0.783 bits per heavy atom. The van der Waals surface area contributed by atoms with E-state index in [1.165, 1.54) is 22.3 Å². The van der Waals surface area contributed by atoms with Crippen molar-refractivity contribution in [2.45, 2.75) is 81.1 Å². The second-order valence-corrected chi connectivity index (χ2v) is 16.5. The van der Waals surface area contributed by atoms with E-state index in [9.17, 15) is 0 Å². The molecule has 294 valence electrons. The van der Waals surface area contributed by atoms with Crippen molar-refractivity contribution in [1.29, 1.82) is 0 Å². The molecule has 0 saturated heterocycles. The third-order valence-electron chi connectivity index (χ3n) is 12.8. The smallest absolute Gasteiger partial charge is 0.0975 e. The van der Waals surface area contributed by atoms with Gasteiger partial charge in [-0.05, 0) is 124 Å². The third-order valence-corrected chi connectivity index (χ3v) is 12.8. The highest BCUT2D eigenvalue weighted by Crippen LogP contribution is 2.44. The first-order chi connectivity index (χ1) is 29.2. The van der Waals surface area contributed by atoms with Crippen LogP contribution >= 0.6 is 0 Å². The molecule has 0 amide bonds. The molecule has 11 rings (SSSR count). The minimum absolute atomic E-state index is 0.854. The topological polar surface area (TPSA) is 109 Å². The fourth-order valence-electron chi connectivity index (χ4n) is 10.1. The first kappa shape index (κ1) is 36.3. The van der Waals surface area contributed by atoms with Crippen molar-refractivity contribution in [2.75, 3.05) is 0 Å². The molecule has 2 aromatic carbocycles. The van der Waals surface area contributed by atoms with Crippen LogP contribution in [0, 0.1) is 27.7 Å². The number of allylic oxidation sites excluding steroid dienone is 4. The van der Waals surface area contributed by atoms with Crippen LogP contribution in [0.3, 0.4) is 0 Å². The summed E-state index contributed by atoms with van der Waals surface area (Å²) >= 11 is 0. The molecule has 8 heteroatoms. The van der Waals surface area contributed by atoms with Crippen LogP contribution in [-0.2, 0) is 0 Å². The molecule has 0 unspecified atom stereocenters. The summed E-state index contributed by atoms with van der Waals surface area (Å²) in [6, 6.07) is 26.4. The van der Waals surface area contributed by atoms with Crippen molar-refractivity contribution >= 4 is 110 Å². The molecule has 0 fully saturated rings. The molecule has 7 aromatic heterocycles. The molecule has 9 heterocycles. The Kier molecular flexibility index (Phi) is 8.08. The lowest BCUT2D eigenvalue weighted by molar-refractivity contribution is 1.20. The standard InChI is InChI=1S/C52H46N8/c1-9-29-30(10-2)38-22-42-46-34-18-14-26(6)54-50(34)52-36(20-16-28(8)56-52)48(46)44(60-42)24-40-32(12-4)31(11-3)39(58-40)23-43-47-35-19-15-27(7)55-51(35)49-33(17-13-25(5)53-49)45(47)41(59-43)21-37(29)57-38/h13-24,59-60H,9-12H2,1-8H3. The summed E-state index contributed by atoms with van der Waals surface area (Å²) in [5.74, 6) is 0. The summed E-state index contributed by atoms with van der Waals surface area (Å²) in [6.45, 7) is 17.2. The molecule has 0 saturated carbocycles. The Hall–Kier alpha value is -6.80. The highest BCUT2D eigenvalue weighted by atomic mass is 14.8. The fourth-order valence-corrected chi connectivity index (χ4v) is 10.1. The molecule has 2 aliphatic rings. The van der Waals surface area contributed by atoms with Crippen LogP contribution in [0.5, 0.6) is 0 Å². The molecular formula is C52H46N8. The van der Waals surface area contributed by atoms with Gasteiger partial charge in [0.2, 0.25) is 0 Å². The van der Waals surface area contributed by atoms with Gasteiger partial charge in [-0.1, -0.05) is 52.0 Å². The number of aromatic nitrogens is 8. The summed E-state index contributed by atoms with van der Waals surface area (Å²) < 4.78 is 0. The van der Waals surface area contributed by atoms with Crippen molar-refractivity contribution in [3.05, 3.63) is 118 Å². The quantitative estimate of drug-likeness (QED) is 0.172. The maximum absolute atomic E-state index is 5.52. The second-order valence-electron chi connectivity index (χ2n) is 16.5. The first-order valence-corrected chi connectivity index (χ1v) is 21.4. The van der Waals surface area contributed by atoms with E-state index >= 15 is 0 Å². The molecule has 0 aliphatic carbocycles. The summed E-state index contributed by atoms with van der Waals surface area (Å²) in [5.41, 5.74) is 20.5. The number of benzene rings is 2. The zero-order chi connectivity index (χ0) is 41.1. The number of rotatable bonds is 4. The van der Waals surface area contributed by atoms with Gasteiger partial charge in [0.05, 0.1) is 44.8 Å². The normalized spacial score (nSPS) is 13.5. The summed E-state index contributed by atoms with van der Waals surface area (Å²) in [5, 5.41) is 8.77. The average Bonchev–Trinajstić information content (AvgIpc) is 3.97. The second kappa shape index (κ2) is 13.4. The molecule has 0 spiro atoms. The van der Waals surface area contributed by atoms with Crippen molar-refractivity contribution in [2.24, 2.45) is 0 Å². The van der Waals surface area contributed by atoms with Crippen LogP contribution in [0.4, 0.5) is 0 Å². The van der Waals surface area contributed by atoms with Gasteiger partial charge < -0.3 is 9.97 Å². The summed E-state index contributed by atoms with van der Waals surface area (Å²) in [6.07, 6.45) is 3.42. The molecular weight excluding hydrogens is 737 g/mol. The lowest BCUT2D eigenvalue weighted by Crippen LogP contribution is -1.91. The SMILES string of the molecule is CCC1=C(CC)c2cc3[nH]c(cc4nc(cc5[nH]c(cc1n2)c1c2ccc(C)nc2c2nc(C)ccc2c51)C(CC)=C4CC)c1c2ccc(C)nc2c2nc(C)ccc2c31. The van der Waals surface area contributed by atoms with Crippen LogP contribution in [0.2, 0.25) is 0 Å². The molecule has 8 nitrogen and oxygen atoms in total. The van der Waals surface area contributed by atoms with Gasteiger partial charge in [0.1, 0.15) is 0 Å². The number of nitrogens with zero attached hydrogens (tertiary/aromatic N) is 6. The highest BCUT2D eigenvalue weighted by Gasteiger charge is 2.24. The molecule has 0 radical (unpaired) electrons. The van der Waals surface area contributed by atoms with Gasteiger partial charge in [-0.15, -0.1) is 0 Å². The molecule has 9 aromatic rings. The number of fused-ring (bicyclic) bond motifs is 24. The molecule has 8 bridgehead atoms. The number of hydrogen-bond donors (Lipinski definition) is 2. The Labute approximate surface area is 347 Å². The van der Waals surface area contributed by atoms with Crippen molar-refractivity contribution < 1.29 is 0 Å². The van der Waals surface area contributed by atoms with E-state index in [4.69, 9.17) is 29.9 Å². The summed E-state index contributed by atoms with van der Waals surface area (Å²) in [7, 11) is 0. The molecule has 2 aliphatic heterocycles. The van der Waals surface area contributed by atoms with Gasteiger partial charge in [0.25, 0.3) is 0 Å². The van der Waals surface area contributed by atoms with Crippen molar-refractivity contribution in [3.8, 4) is 0 Å². The number of hydrogen-bond acceptors (Lipinski definition) is 6. The van der Waals surface area contributed by atoms with Gasteiger partial charge in [-0.3, -0.25) is 19.9 Å². The van der Waals surface area contributed by atoms with E-state index in [1.807, 2.05) is 0 Å². The van der Waals surface area contributed by atoms with E-state index in [2.05, 4.69) is 138 Å². The van der Waals surface area contributed by atoms with E-state index < -0.39 is 0 Å². The van der Waals surface area contributed by atoms with E-state index in [-0.39, 0.29) is 0 Å². The Balaban J connectivity index is 1.41. The fraction of sp³-hybridized carbons (Fsp3) is 0.231. The van der Waals surface area contributed by atoms with E-state index in [0.717, 1.165) is 158 Å². The number of aryl methyl sites for hydroxylation is 4. The minimum atomic E-state index is 0.854. The monoisotopic (exact) mass is 782 g/mol. The van der Waals surface area contributed by atoms with Crippen LogP contribution in [0.25, 0.3) is 110 Å². The zero-order valence-corrected chi connectivity index (χ0v) is 35.4. The lowest BCUT2D eigenvalue weighted by atomic mass is 9.97. The van der Waals surface area contributed by atoms with E-state index in [1.54, 1.807) is 0 Å². The molecule has 60 heavy (non-hydrogen) atoms. The van der Waals surface area contributed by atoms with Crippen molar-refractivity contribution in [3.63, 3.8) is 0 Å². The van der Waals surface area contributed by atoms with Gasteiger partial charge in [-0.2, -0.15) is 0 Å². The Morgan fingerprint density at radius 1 is 0.333 bits per heavy atom. The van der Waals surface area contributed by atoms with Gasteiger partial charge in [0.15, 0.2) is 0 Å². The van der Waals surface area contributed by atoms with E-state index in [0.29, 0.717) is 0 Å². The Bertz CT molecular complexity index is 3170. The predicted octanol–water partition coefficient (Wildman–Crippen LogP) is 13.5. The first-order valence-electron chi connectivity index (χ1n) is 21.4. The third kappa shape index (κ3) is 5.22. The lowest BCUT2D eigenvalue weighted by Gasteiger charge is -2.08.